The Labute approximate surface area is 106 Å². The van der Waals surface area contributed by atoms with Crippen LogP contribution in [0.1, 0.15) is 40.7 Å². The molecular weight excluding hydrogens is 236 g/mol. The first kappa shape index (κ1) is 12.6. The van der Waals surface area contributed by atoms with E-state index in [2.05, 4.69) is 10.8 Å². The number of esters is 1. The van der Waals surface area contributed by atoms with Crippen LogP contribution in [0.4, 0.5) is 0 Å². The van der Waals surface area contributed by atoms with Crippen molar-refractivity contribution in [2.75, 3.05) is 14.2 Å². The summed E-state index contributed by atoms with van der Waals surface area (Å²) in [7, 11) is 3.20. The molecule has 4 heteroatoms. The van der Waals surface area contributed by atoms with Crippen LogP contribution < -0.4 is 0 Å². The highest BCUT2D eigenvalue weighted by Gasteiger charge is 2.22. The molecule has 2 rings (SSSR count). The fourth-order valence-corrected chi connectivity index (χ4v) is 3.53. The molecule has 17 heavy (non-hydrogen) atoms. The number of hydrogen-bond donors (Lipinski definition) is 0. The van der Waals surface area contributed by atoms with Crippen molar-refractivity contribution in [2.24, 2.45) is 0 Å². The molecule has 1 aliphatic carbocycles. The van der Waals surface area contributed by atoms with Crippen LogP contribution in [0.5, 0.6) is 0 Å². The van der Waals surface area contributed by atoms with E-state index in [1.165, 1.54) is 28.8 Å². The quantitative estimate of drug-likeness (QED) is 0.775. The number of carbonyl (C=O) groups is 1. The van der Waals surface area contributed by atoms with Crippen LogP contribution in [0, 0.1) is 0 Å². The second kappa shape index (κ2) is 5.65. The molecule has 0 aromatic carbocycles. The lowest BCUT2D eigenvalue weighted by Gasteiger charge is -2.20. The van der Waals surface area contributed by atoms with Gasteiger partial charge < -0.3 is 9.47 Å². The molecule has 1 aliphatic rings. The topological polar surface area (TPSA) is 35.5 Å². The highest BCUT2D eigenvalue weighted by atomic mass is 32.1. The maximum absolute atomic E-state index is 11.1. The van der Waals surface area contributed by atoms with E-state index in [1.54, 1.807) is 7.11 Å². The fourth-order valence-electron chi connectivity index (χ4n) is 2.27. The van der Waals surface area contributed by atoms with Gasteiger partial charge in [0, 0.05) is 16.9 Å². The first-order valence-electron chi connectivity index (χ1n) is 5.95. The number of fused-ring (bicyclic) bond motifs is 1. The molecule has 1 atom stereocenters. The van der Waals surface area contributed by atoms with Crippen LogP contribution in [0.25, 0.3) is 0 Å². The predicted octanol–water partition coefficient (Wildman–Crippen LogP) is 2.88. The van der Waals surface area contributed by atoms with Crippen molar-refractivity contribution < 1.29 is 14.3 Å². The van der Waals surface area contributed by atoms with Gasteiger partial charge in [0.15, 0.2) is 0 Å². The summed E-state index contributed by atoms with van der Waals surface area (Å²) in [5, 5.41) is 0. The molecule has 1 aromatic heterocycles. The molecule has 0 radical (unpaired) electrons. The summed E-state index contributed by atoms with van der Waals surface area (Å²) in [5.74, 6) is -0.139. The van der Waals surface area contributed by atoms with Gasteiger partial charge in [0.25, 0.3) is 0 Å². The van der Waals surface area contributed by atoms with E-state index in [0.29, 0.717) is 6.42 Å². The minimum absolute atomic E-state index is 0.139. The van der Waals surface area contributed by atoms with Crippen molar-refractivity contribution in [1.29, 1.82) is 0 Å². The molecule has 1 unspecified atom stereocenters. The summed E-state index contributed by atoms with van der Waals surface area (Å²) in [4.78, 5) is 13.8. The van der Waals surface area contributed by atoms with Gasteiger partial charge in [-0.1, -0.05) is 0 Å². The van der Waals surface area contributed by atoms with E-state index in [4.69, 9.17) is 4.74 Å². The van der Waals surface area contributed by atoms with E-state index < -0.39 is 0 Å². The summed E-state index contributed by atoms with van der Waals surface area (Å²) < 4.78 is 10.2. The highest BCUT2D eigenvalue weighted by Crippen LogP contribution is 2.37. The second-order valence-electron chi connectivity index (χ2n) is 4.28. The van der Waals surface area contributed by atoms with E-state index in [1.807, 2.05) is 11.3 Å². The Balaban J connectivity index is 2.06. The van der Waals surface area contributed by atoms with Gasteiger partial charge in [-0.25, -0.2) is 0 Å². The Bertz CT molecular complexity index is 397. The third kappa shape index (κ3) is 2.87. The average Bonchev–Trinajstić information content (AvgIpc) is 2.78. The maximum Gasteiger partial charge on any atom is 0.305 e. The minimum Gasteiger partial charge on any atom is -0.469 e. The number of ether oxygens (including phenoxy) is 2. The largest absolute Gasteiger partial charge is 0.469 e. The molecular formula is C13H18O3S. The van der Waals surface area contributed by atoms with Crippen molar-refractivity contribution in [1.82, 2.24) is 0 Å². The minimum atomic E-state index is -0.139. The lowest BCUT2D eigenvalue weighted by Crippen LogP contribution is -2.08. The van der Waals surface area contributed by atoms with Gasteiger partial charge in [-0.15, -0.1) is 11.3 Å². The normalized spacial score (nSPS) is 18.8. The van der Waals surface area contributed by atoms with Crippen LogP contribution in [0.3, 0.4) is 0 Å². The molecule has 0 amide bonds. The van der Waals surface area contributed by atoms with Gasteiger partial charge in [0.2, 0.25) is 0 Å². The zero-order valence-corrected chi connectivity index (χ0v) is 11.1. The standard InChI is InChI=1S/C13H18O3S/c1-15-11-4-3-5-12-10(11)8-9(17-12)6-7-13(14)16-2/h8,11H,3-7H2,1-2H3. The Morgan fingerprint density at radius 2 is 2.35 bits per heavy atom. The van der Waals surface area contributed by atoms with Crippen molar-refractivity contribution >= 4 is 17.3 Å². The van der Waals surface area contributed by atoms with Gasteiger partial charge >= 0.3 is 5.97 Å². The number of rotatable bonds is 4. The number of aryl methyl sites for hydroxylation is 2. The first-order chi connectivity index (χ1) is 8.24. The Morgan fingerprint density at radius 1 is 1.53 bits per heavy atom. The van der Waals surface area contributed by atoms with Crippen LogP contribution in [-0.4, -0.2) is 20.2 Å². The van der Waals surface area contributed by atoms with Crippen LogP contribution >= 0.6 is 11.3 Å². The van der Waals surface area contributed by atoms with Crippen LogP contribution in [0.15, 0.2) is 6.07 Å². The summed E-state index contributed by atoms with van der Waals surface area (Å²) in [6, 6.07) is 2.20. The molecule has 0 fully saturated rings. The third-order valence-corrected chi connectivity index (χ3v) is 4.47. The molecule has 0 N–H and O–H groups in total. The SMILES string of the molecule is COC(=O)CCc1cc2c(s1)CCCC2OC. The zero-order valence-electron chi connectivity index (χ0n) is 10.3. The second-order valence-corrected chi connectivity index (χ2v) is 5.51. The summed E-state index contributed by atoms with van der Waals surface area (Å²) in [6.07, 6.45) is 4.95. The molecule has 1 heterocycles. The number of thiophene rings is 1. The zero-order chi connectivity index (χ0) is 12.3. The summed E-state index contributed by atoms with van der Waals surface area (Å²) in [6.45, 7) is 0. The third-order valence-electron chi connectivity index (χ3n) is 3.20. The van der Waals surface area contributed by atoms with Crippen molar-refractivity contribution in [3.05, 3.63) is 21.4 Å². The molecule has 0 aliphatic heterocycles. The monoisotopic (exact) mass is 254 g/mol. The number of carbonyl (C=O) groups excluding carboxylic acids is 1. The molecule has 0 bridgehead atoms. The summed E-state index contributed by atoms with van der Waals surface area (Å²) in [5.41, 5.74) is 1.34. The van der Waals surface area contributed by atoms with Crippen LogP contribution in [0.2, 0.25) is 0 Å². The van der Waals surface area contributed by atoms with Gasteiger partial charge in [-0.3, -0.25) is 4.79 Å². The summed E-state index contributed by atoms with van der Waals surface area (Å²) >= 11 is 1.82. The molecule has 3 nitrogen and oxygen atoms in total. The lowest BCUT2D eigenvalue weighted by molar-refractivity contribution is -0.140. The Hall–Kier alpha value is -0.870. The van der Waals surface area contributed by atoms with Crippen molar-refractivity contribution in [3.8, 4) is 0 Å². The van der Waals surface area contributed by atoms with Gasteiger partial charge in [-0.05, 0) is 37.3 Å². The van der Waals surface area contributed by atoms with Gasteiger partial charge in [0.05, 0.1) is 19.6 Å². The molecule has 0 spiro atoms. The lowest BCUT2D eigenvalue weighted by atomic mass is 9.96. The van der Waals surface area contributed by atoms with E-state index in [9.17, 15) is 4.79 Å². The molecule has 1 aromatic rings. The van der Waals surface area contributed by atoms with E-state index in [0.717, 1.165) is 19.3 Å². The molecule has 94 valence electrons. The first-order valence-corrected chi connectivity index (χ1v) is 6.77. The number of hydrogen-bond acceptors (Lipinski definition) is 4. The van der Waals surface area contributed by atoms with E-state index >= 15 is 0 Å². The smallest absolute Gasteiger partial charge is 0.305 e. The Kier molecular flexibility index (Phi) is 4.18. The predicted molar refractivity (Wildman–Crippen MR) is 67.3 cm³/mol. The Morgan fingerprint density at radius 3 is 3.06 bits per heavy atom. The molecule has 0 saturated carbocycles. The van der Waals surface area contributed by atoms with Crippen molar-refractivity contribution in [3.63, 3.8) is 0 Å². The van der Waals surface area contributed by atoms with Gasteiger partial charge in [0.1, 0.15) is 0 Å². The average molecular weight is 254 g/mol. The van der Waals surface area contributed by atoms with Crippen LogP contribution in [-0.2, 0) is 27.1 Å². The molecule has 0 saturated heterocycles. The highest BCUT2D eigenvalue weighted by molar-refractivity contribution is 7.12. The van der Waals surface area contributed by atoms with E-state index in [-0.39, 0.29) is 12.1 Å². The van der Waals surface area contributed by atoms with Gasteiger partial charge in [-0.2, -0.15) is 0 Å². The van der Waals surface area contributed by atoms with Crippen molar-refractivity contribution in [2.45, 2.75) is 38.2 Å². The maximum atomic E-state index is 11.1. The number of methoxy groups -OCH3 is 2. The fraction of sp³-hybridized carbons (Fsp3) is 0.615.